The van der Waals surface area contributed by atoms with E-state index in [0.717, 1.165) is 16.9 Å². The largest absolute Gasteiger partial charge is 0.338 e. The maximum Gasteiger partial charge on any atom is 0.325 e. The number of carbonyl (C=O) groups excluding carboxylic acids is 2. The number of urea groups is 1. The maximum absolute atomic E-state index is 12.6. The van der Waals surface area contributed by atoms with Crippen molar-refractivity contribution >= 4 is 23.5 Å². The molecule has 26 heavy (non-hydrogen) atoms. The molecule has 0 spiro atoms. The molecule has 1 aliphatic heterocycles. The third-order valence-corrected chi connectivity index (χ3v) is 4.32. The molecule has 0 radical (unpaired) electrons. The van der Waals surface area contributed by atoms with Gasteiger partial charge in [-0.3, -0.25) is 15.0 Å². The Balaban J connectivity index is 1.59. The predicted molar refractivity (Wildman–Crippen MR) is 99.3 cm³/mol. The molecule has 0 saturated carbocycles. The van der Waals surface area contributed by atoms with Gasteiger partial charge in [-0.2, -0.15) is 0 Å². The number of carbonyl (C=O) groups is 2. The Morgan fingerprint density at radius 1 is 1.23 bits per heavy atom. The van der Waals surface area contributed by atoms with Gasteiger partial charge in [-0.25, -0.2) is 4.79 Å². The van der Waals surface area contributed by atoms with Crippen molar-refractivity contribution in [1.82, 2.24) is 10.1 Å². The predicted octanol–water partition coefficient (Wildman–Crippen LogP) is 3.16. The molecule has 3 rings (SSSR count). The summed E-state index contributed by atoms with van der Waals surface area (Å²) >= 11 is 0. The molecule has 1 saturated heterocycles. The number of aromatic nitrogens is 1. The van der Waals surface area contributed by atoms with E-state index in [1.54, 1.807) is 11.0 Å². The van der Waals surface area contributed by atoms with Gasteiger partial charge >= 0.3 is 6.03 Å². The third kappa shape index (κ3) is 3.87. The molecule has 0 aliphatic carbocycles. The normalized spacial score (nSPS) is 14.8. The fraction of sp³-hybridized carbons (Fsp3) is 0.421. The van der Waals surface area contributed by atoms with Crippen LogP contribution in [0.5, 0.6) is 0 Å². The molecule has 1 aromatic heterocycles. The minimum atomic E-state index is -0.305. The maximum atomic E-state index is 12.6. The van der Waals surface area contributed by atoms with Gasteiger partial charge < -0.3 is 9.42 Å². The lowest BCUT2D eigenvalue weighted by Crippen LogP contribution is -2.37. The van der Waals surface area contributed by atoms with E-state index in [2.05, 4.69) is 10.5 Å². The summed E-state index contributed by atoms with van der Waals surface area (Å²) in [6.07, 6.45) is 0. The molecule has 1 fully saturated rings. The molecule has 0 unspecified atom stereocenters. The van der Waals surface area contributed by atoms with Crippen molar-refractivity contribution in [3.63, 3.8) is 0 Å². The lowest BCUT2D eigenvalue weighted by atomic mass is 9.92. The molecular formula is C19H24N4O3. The Hall–Kier alpha value is -2.83. The molecule has 7 nitrogen and oxygen atoms in total. The highest BCUT2D eigenvalue weighted by atomic mass is 16.5. The zero-order valence-electron chi connectivity index (χ0n) is 15.6. The average molecular weight is 356 g/mol. The van der Waals surface area contributed by atoms with Gasteiger partial charge in [0, 0.05) is 30.3 Å². The van der Waals surface area contributed by atoms with Crippen LogP contribution in [0.1, 0.15) is 32.0 Å². The number of aryl methyl sites for hydroxylation is 1. The molecule has 1 N–H and O–H groups in total. The van der Waals surface area contributed by atoms with Crippen LogP contribution in [0.4, 0.5) is 16.4 Å². The molecule has 3 amide bonds. The monoisotopic (exact) mass is 356 g/mol. The Morgan fingerprint density at radius 2 is 1.92 bits per heavy atom. The van der Waals surface area contributed by atoms with E-state index >= 15 is 0 Å². The van der Waals surface area contributed by atoms with Gasteiger partial charge in [-0.05, 0) is 19.1 Å². The third-order valence-electron chi connectivity index (χ3n) is 4.32. The van der Waals surface area contributed by atoms with E-state index in [-0.39, 0.29) is 23.9 Å². The Kier molecular flexibility index (Phi) is 4.71. The highest BCUT2D eigenvalue weighted by Crippen LogP contribution is 2.24. The summed E-state index contributed by atoms with van der Waals surface area (Å²) in [6.45, 7) is 9.08. The van der Waals surface area contributed by atoms with Crippen LogP contribution in [0.3, 0.4) is 0 Å². The van der Waals surface area contributed by atoms with Crippen molar-refractivity contribution in [1.29, 1.82) is 0 Å². The van der Waals surface area contributed by atoms with E-state index < -0.39 is 0 Å². The summed E-state index contributed by atoms with van der Waals surface area (Å²) in [4.78, 5) is 28.0. The van der Waals surface area contributed by atoms with E-state index in [0.29, 0.717) is 19.0 Å². The van der Waals surface area contributed by atoms with Crippen molar-refractivity contribution < 1.29 is 14.1 Å². The molecule has 2 heterocycles. The average Bonchev–Trinajstić information content (AvgIpc) is 3.16. The molecule has 0 atom stereocenters. The van der Waals surface area contributed by atoms with E-state index in [9.17, 15) is 9.59 Å². The van der Waals surface area contributed by atoms with Crippen LogP contribution in [0, 0.1) is 6.92 Å². The van der Waals surface area contributed by atoms with Crippen molar-refractivity contribution in [2.24, 2.45) is 0 Å². The molecule has 1 aliphatic rings. The number of hydrogen-bond acceptors (Lipinski definition) is 4. The lowest BCUT2D eigenvalue weighted by molar-refractivity contribution is -0.116. The minimum Gasteiger partial charge on any atom is -0.338 e. The number of rotatable bonds is 4. The summed E-state index contributed by atoms with van der Waals surface area (Å²) in [6, 6.07) is 9.31. The zero-order valence-corrected chi connectivity index (χ0v) is 15.6. The Labute approximate surface area is 152 Å². The Bertz CT molecular complexity index is 805. The fourth-order valence-electron chi connectivity index (χ4n) is 2.73. The minimum absolute atomic E-state index is 0.0211. The summed E-state index contributed by atoms with van der Waals surface area (Å²) in [5.74, 6) is -0.0114. The molecule has 0 bridgehead atoms. The van der Waals surface area contributed by atoms with Gasteiger partial charge in [0.25, 0.3) is 0 Å². The number of anilines is 2. The number of nitrogens with zero attached hydrogens (tertiary/aromatic N) is 3. The first kappa shape index (κ1) is 18.0. The second-order valence-corrected chi connectivity index (χ2v) is 7.57. The first-order valence-corrected chi connectivity index (χ1v) is 8.64. The van der Waals surface area contributed by atoms with Gasteiger partial charge in [0.05, 0.1) is 5.69 Å². The quantitative estimate of drug-likeness (QED) is 0.913. The smallest absolute Gasteiger partial charge is 0.325 e. The van der Waals surface area contributed by atoms with Gasteiger partial charge in [0.15, 0.2) is 0 Å². The summed E-state index contributed by atoms with van der Waals surface area (Å²) in [7, 11) is 0. The van der Waals surface area contributed by atoms with Crippen LogP contribution in [-0.4, -0.2) is 41.6 Å². The molecule has 7 heteroatoms. The van der Waals surface area contributed by atoms with Crippen molar-refractivity contribution in [3.05, 3.63) is 41.6 Å². The van der Waals surface area contributed by atoms with Gasteiger partial charge in [-0.1, -0.05) is 43.6 Å². The van der Waals surface area contributed by atoms with Crippen LogP contribution in [-0.2, 0) is 10.2 Å². The molecule has 2 aromatic rings. The van der Waals surface area contributed by atoms with Gasteiger partial charge in [0.1, 0.15) is 6.54 Å². The topological polar surface area (TPSA) is 78.7 Å². The van der Waals surface area contributed by atoms with Crippen LogP contribution in [0.2, 0.25) is 0 Å². The highest BCUT2D eigenvalue weighted by molar-refractivity contribution is 5.98. The second-order valence-electron chi connectivity index (χ2n) is 7.57. The van der Waals surface area contributed by atoms with Crippen molar-refractivity contribution in [2.45, 2.75) is 33.1 Å². The fourth-order valence-corrected chi connectivity index (χ4v) is 2.73. The van der Waals surface area contributed by atoms with Crippen molar-refractivity contribution in [3.8, 4) is 0 Å². The van der Waals surface area contributed by atoms with E-state index in [1.807, 2.05) is 52.0 Å². The van der Waals surface area contributed by atoms with Crippen molar-refractivity contribution in [2.75, 3.05) is 29.9 Å². The first-order chi connectivity index (χ1) is 12.2. The second kappa shape index (κ2) is 6.82. The number of nitrogens with one attached hydrogen (secondary N) is 1. The number of amides is 3. The first-order valence-electron chi connectivity index (χ1n) is 8.64. The lowest BCUT2D eigenvalue weighted by Gasteiger charge is -2.18. The summed E-state index contributed by atoms with van der Waals surface area (Å²) in [5, 5.41) is 6.63. The van der Waals surface area contributed by atoms with E-state index in [1.165, 1.54) is 4.90 Å². The zero-order chi connectivity index (χ0) is 18.9. The SMILES string of the molecule is Cc1ccc(N2CCN(CC(=O)Nc3cc(C(C)(C)C)no3)C2=O)cc1. The molecule has 1 aromatic carbocycles. The van der Waals surface area contributed by atoms with E-state index in [4.69, 9.17) is 4.52 Å². The van der Waals surface area contributed by atoms with Crippen LogP contribution in [0.15, 0.2) is 34.9 Å². The standard InChI is InChI=1S/C19H24N4O3/c1-13-5-7-14(8-6-13)23-10-9-22(18(23)25)12-16(24)20-17-11-15(21-26-17)19(2,3)4/h5-8,11H,9-10,12H2,1-4H3,(H,20,24). The summed E-state index contributed by atoms with van der Waals surface area (Å²) < 4.78 is 5.16. The van der Waals surface area contributed by atoms with Crippen LogP contribution >= 0.6 is 0 Å². The van der Waals surface area contributed by atoms with Crippen LogP contribution in [0.25, 0.3) is 0 Å². The summed E-state index contributed by atoms with van der Waals surface area (Å²) in [5.41, 5.74) is 2.58. The molecule has 138 valence electrons. The Morgan fingerprint density at radius 3 is 2.54 bits per heavy atom. The van der Waals surface area contributed by atoms with Gasteiger partial charge in [-0.15, -0.1) is 0 Å². The number of benzene rings is 1. The number of hydrogen-bond donors (Lipinski definition) is 1. The van der Waals surface area contributed by atoms with Crippen LogP contribution < -0.4 is 10.2 Å². The highest BCUT2D eigenvalue weighted by Gasteiger charge is 2.31. The molecular weight excluding hydrogens is 332 g/mol. The van der Waals surface area contributed by atoms with Gasteiger partial charge in [0.2, 0.25) is 11.8 Å².